The van der Waals surface area contributed by atoms with Gasteiger partial charge < -0.3 is 5.32 Å². The van der Waals surface area contributed by atoms with Crippen molar-refractivity contribution in [2.75, 3.05) is 6.54 Å². The molecule has 0 spiro atoms. The molecule has 2 aromatic rings. The zero-order valence-electron chi connectivity index (χ0n) is 11.4. The first-order valence-corrected chi connectivity index (χ1v) is 7.10. The second kappa shape index (κ2) is 7.30. The van der Waals surface area contributed by atoms with Crippen molar-refractivity contribution >= 4 is 28.9 Å². The lowest BCUT2D eigenvalue weighted by Crippen LogP contribution is -2.35. The third-order valence-corrected chi connectivity index (χ3v) is 3.56. The third-order valence-electron chi connectivity index (χ3n) is 2.58. The number of carbonyl (C=O) groups excluding carboxylic acids is 2. The lowest BCUT2D eigenvalue weighted by atomic mass is 10.2. The minimum atomic E-state index is -0.381. The molecule has 2 aromatic heterocycles. The number of thiophene rings is 1. The number of amides is 2. The number of pyridine rings is 1. The normalized spacial score (nSPS) is 11.0. The van der Waals surface area contributed by atoms with Crippen molar-refractivity contribution in [3.05, 3.63) is 52.5 Å². The minimum absolute atomic E-state index is 0.137. The summed E-state index contributed by atoms with van der Waals surface area (Å²) in [6.07, 6.45) is 3.04. The summed E-state index contributed by atoms with van der Waals surface area (Å²) in [5.74, 6) is -0.708. The lowest BCUT2D eigenvalue weighted by molar-refractivity contribution is -0.120. The third kappa shape index (κ3) is 4.50. The summed E-state index contributed by atoms with van der Waals surface area (Å²) in [5, 5.41) is 8.43. The van der Waals surface area contributed by atoms with Crippen molar-refractivity contribution in [1.29, 1.82) is 0 Å². The zero-order valence-corrected chi connectivity index (χ0v) is 12.2. The number of hydrogen-bond acceptors (Lipinski definition) is 5. The molecule has 0 aliphatic carbocycles. The van der Waals surface area contributed by atoms with Gasteiger partial charge in [-0.3, -0.25) is 14.6 Å². The van der Waals surface area contributed by atoms with Crippen LogP contribution in [-0.2, 0) is 4.79 Å². The Balaban J connectivity index is 1.80. The van der Waals surface area contributed by atoms with Crippen molar-refractivity contribution in [2.45, 2.75) is 6.92 Å². The number of hydrogen-bond donors (Lipinski definition) is 2. The summed E-state index contributed by atoms with van der Waals surface area (Å²) >= 11 is 1.54. The number of hydrazone groups is 1. The van der Waals surface area contributed by atoms with Crippen molar-refractivity contribution in [3.8, 4) is 0 Å². The van der Waals surface area contributed by atoms with Crippen LogP contribution in [0.1, 0.15) is 22.2 Å². The Labute approximate surface area is 125 Å². The van der Waals surface area contributed by atoms with Crippen LogP contribution in [0.3, 0.4) is 0 Å². The van der Waals surface area contributed by atoms with Crippen LogP contribution in [0.25, 0.3) is 0 Å². The first-order chi connectivity index (χ1) is 10.2. The standard InChI is InChI=1S/C14H14N4O2S/c1-10(12-3-2-8-21-12)17-18-13(19)9-16-14(20)11-4-6-15-7-5-11/h2-8H,9H2,1H3,(H,16,20)(H,18,19). The predicted octanol–water partition coefficient (Wildman–Crippen LogP) is 1.41. The van der Waals surface area contributed by atoms with Gasteiger partial charge in [0.15, 0.2) is 0 Å². The molecule has 0 aliphatic heterocycles. The van der Waals surface area contributed by atoms with Gasteiger partial charge in [0.1, 0.15) is 0 Å². The van der Waals surface area contributed by atoms with Crippen LogP contribution in [-0.4, -0.2) is 29.1 Å². The van der Waals surface area contributed by atoms with Crippen LogP contribution < -0.4 is 10.7 Å². The molecule has 6 nitrogen and oxygen atoms in total. The summed E-state index contributed by atoms with van der Waals surface area (Å²) in [6.45, 7) is 1.67. The van der Waals surface area contributed by atoms with Crippen LogP contribution >= 0.6 is 11.3 Å². The highest BCUT2D eigenvalue weighted by molar-refractivity contribution is 7.12. The Morgan fingerprint density at radius 2 is 2.05 bits per heavy atom. The van der Waals surface area contributed by atoms with Gasteiger partial charge in [0.25, 0.3) is 11.8 Å². The van der Waals surface area contributed by atoms with Gasteiger partial charge in [-0.2, -0.15) is 5.10 Å². The van der Waals surface area contributed by atoms with E-state index in [-0.39, 0.29) is 18.4 Å². The Hall–Kier alpha value is -2.54. The molecular weight excluding hydrogens is 288 g/mol. The van der Waals surface area contributed by atoms with Gasteiger partial charge in [0, 0.05) is 22.8 Å². The molecule has 2 amide bonds. The van der Waals surface area contributed by atoms with E-state index in [1.165, 1.54) is 12.4 Å². The average Bonchev–Trinajstić information content (AvgIpc) is 3.05. The van der Waals surface area contributed by atoms with E-state index < -0.39 is 0 Å². The van der Waals surface area contributed by atoms with Gasteiger partial charge in [-0.05, 0) is 30.5 Å². The van der Waals surface area contributed by atoms with E-state index in [0.29, 0.717) is 5.56 Å². The summed E-state index contributed by atoms with van der Waals surface area (Å²) in [7, 11) is 0. The number of rotatable bonds is 5. The molecule has 2 heterocycles. The van der Waals surface area contributed by atoms with Crippen LogP contribution in [0.5, 0.6) is 0 Å². The molecule has 108 valence electrons. The predicted molar refractivity (Wildman–Crippen MR) is 81.2 cm³/mol. The molecule has 0 aliphatic rings. The SMILES string of the molecule is CC(=NNC(=O)CNC(=O)c1ccncc1)c1cccs1. The van der Waals surface area contributed by atoms with E-state index in [9.17, 15) is 9.59 Å². The van der Waals surface area contributed by atoms with Crippen LogP contribution in [0.2, 0.25) is 0 Å². The zero-order chi connectivity index (χ0) is 15.1. The molecule has 0 atom stereocenters. The van der Waals surface area contributed by atoms with Gasteiger partial charge in [-0.1, -0.05) is 6.07 Å². The fourth-order valence-electron chi connectivity index (χ4n) is 1.49. The van der Waals surface area contributed by atoms with Crippen molar-refractivity contribution < 1.29 is 9.59 Å². The van der Waals surface area contributed by atoms with E-state index in [2.05, 4.69) is 20.8 Å². The molecule has 21 heavy (non-hydrogen) atoms. The smallest absolute Gasteiger partial charge is 0.259 e. The molecule has 2 rings (SSSR count). The summed E-state index contributed by atoms with van der Waals surface area (Å²) < 4.78 is 0. The number of carbonyl (C=O) groups is 2. The van der Waals surface area contributed by atoms with Gasteiger partial charge in [-0.15, -0.1) is 11.3 Å². The quantitative estimate of drug-likeness (QED) is 0.647. The first kappa shape index (κ1) is 14.9. The van der Waals surface area contributed by atoms with E-state index in [0.717, 1.165) is 10.6 Å². The second-order valence-electron chi connectivity index (χ2n) is 4.13. The molecule has 0 fully saturated rings. The van der Waals surface area contributed by atoms with Gasteiger partial charge in [-0.25, -0.2) is 5.43 Å². The first-order valence-electron chi connectivity index (χ1n) is 6.22. The number of aromatic nitrogens is 1. The Morgan fingerprint density at radius 3 is 2.71 bits per heavy atom. The van der Waals surface area contributed by atoms with Gasteiger partial charge in [0.05, 0.1) is 12.3 Å². The molecule has 0 unspecified atom stereocenters. The maximum atomic E-state index is 11.7. The molecule has 0 saturated carbocycles. The van der Waals surface area contributed by atoms with E-state index in [1.807, 2.05) is 24.4 Å². The van der Waals surface area contributed by atoms with Crippen molar-refractivity contribution in [3.63, 3.8) is 0 Å². The van der Waals surface area contributed by atoms with E-state index in [1.54, 1.807) is 23.5 Å². The highest BCUT2D eigenvalue weighted by Gasteiger charge is 2.07. The highest BCUT2D eigenvalue weighted by atomic mass is 32.1. The molecule has 7 heteroatoms. The topological polar surface area (TPSA) is 83.5 Å². The molecular formula is C14H14N4O2S. The fourth-order valence-corrected chi connectivity index (χ4v) is 2.17. The Bertz CT molecular complexity index is 638. The monoisotopic (exact) mass is 302 g/mol. The number of nitrogens with one attached hydrogen (secondary N) is 2. The van der Waals surface area contributed by atoms with Crippen LogP contribution in [0.15, 0.2) is 47.1 Å². The molecule has 0 bridgehead atoms. The number of nitrogens with zero attached hydrogens (tertiary/aromatic N) is 2. The summed E-state index contributed by atoms with van der Waals surface area (Å²) in [5.41, 5.74) is 3.58. The maximum Gasteiger partial charge on any atom is 0.259 e. The molecule has 2 N–H and O–H groups in total. The lowest BCUT2D eigenvalue weighted by Gasteiger charge is -2.04. The molecule has 0 radical (unpaired) electrons. The highest BCUT2D eigenvalue weighted by Crippen LogP contribution is 2.09. The molecule has 0 aromatic carbocycles. The minimum Gasteiger partial charge on any atom is -0.343 e. The largest absolute Gasteiger partial charge is 0.343 e. The maximum absolute atomic E-state index is 11.7. The molecule has 0 saturated heterocycles. The van der Waals surface area contributed by atoms with E-state index >= 15 is 0 Å². The van der Waals surface area contributed by atoms with Crippen molar-refractivity contribution in [1.82, 2.24) is 15.7 Å². The second-order valence-corrected chi connectivity index (χ2v) is 5.08. The van der Waals surface area contributed by atoms with Crippen LogP contribution in [0, 0.1) is 0 Å². The van der Waals surface area contributed by atoms with Gasteiger partial charge >= 0.3 is 0 Å². The Kier molecular flexibility index (Phi) is 5.16. The van der Waals surface area contributed by atoms with Crippen molar-refractivity contribution in [2.24, 2.45) is 5.10 Å². The average molecular weight is 302 g/mol. The summed E-state index contributed by atoms with van der Waals surface area (Å²) in [4.78, 5) is 28.1. The van der Waals surface area contributed by atoms with Crippen LogP contribution in [0.4, 0.5) is 0 Å². The summed E-state index contributed by atoms with van der Waals surface area (Å²) in [6, 6.07) is 6.98. The van der Waals surface area contributed by atoms with E-state index in [4.69, 9.17) is 0 Å². The fraction of sp³-hybridized carbons (Fsp3) is 0.143. The van der Waals surface area contributed by atoms with Gasteiger partial charge in [0.2, 0.25) is 0 Å². The Morgan fingerprint density at radius 1 is 1.29 bits per heavy atom.